The van der Waals surface area contributed by atoms with E-state index >= 15 is 4.39 Å². The highest BCUT2D eigenvalue weighted by Gasteiger charge is 2.60. The van der Waals surface area contributed by atoms with Gasteiger partial charge in [0.25, 0.3) is 7.82 Å². The van der Waals surface area contributed by atoms with Crippen LogP contribution in [0.1, 0.15) is 36.3 Å². The van der Waals surface area contributed by atoms with E-state index in [0.29, 0.717) is 5.75 Å². The second kappa shape index (κ2) is 11.3. The third kappa shape index (κ3) is 5.17. The summed E-state index contributed by atoms with van der Waals surface area (Å²) in [6, 6.07) is 28.6. The molecule has 1 N–H and O–H groups in total. The van der Waals surface area contributed by atoms with Gasteiger partial charge in [0.2, 0.25) is 0 Å². The molecule has 2 saturated heterocycles. The minimum Gasteiger partial charge on any atom is -0.756 e. The molecule has 1 unspecified atom stereocenters. The molecule has 0 spiro atoms. The van der Waals surface area contributed by atoms with Gasteiger partial charge in [-0.3, -0.25) is 9.13 Å². The molecule has 2 fully saturated rings. The number of methoxy groups -OCH3 is 1. The van der Waals surface area contributed by atoms with Crippen molar-refractivity contribution in [1.29, 1.82) is 0 Å². The Labute approximate surface area is 247 Å². The van der Waals surface area contributed by atoms with Crippen molar-refractivity contribution in [3.63, 3.8) is 0 Å². The monoisotopic (exact) mass is 606 g/mol. The number of phosphoric acid groups is 1. The van der Waals surface area contributed by atoms with Crippen molar-refractivity contribution in [3.05, 3.63) is 124 Å². The fourth-order valence-corrected chi connectivity index (χ4v) is 6.86. The molecule has 0 aliphatic carbocycles. The molecule has 2 aliphatic heterocycles. The third-order valence-electron chi connectivity index (χ3n) is 8.10. The van der Waals surface area contributed by atoms with Crippen molar-refractivity contribution < 1.29 is 32.4 Å². The van der Waals surface area contributed by atoms with Gasteiger partial charge in [0.05, 0.1) is 13.7 Å². The van der Waals surface area contributed by atoms with Gasteiger partial charge in [-0.15, -0.1) is 0 Å². The zero-order chi connectivity index (χ0) is 30.2. The maximum atomic E-state index is 15.7. The van der Waals surface area contributed by atoms with Crippen LogP contribution in [0.4, 0.5) is 10.2 Å². The van der Waals surface area contributed by atoms with E-state index in [4.69, 9.17) is 18.5 Å². The smallest absolute Gasteiger partial charge is 0.351 e. The lowest BCUT2D eigenvalue weighted by atomic mass is 9.77. The molecular weight excluding hydrogens is 576 g/mol. The molecule has 43 heavy (non-hydrogen) atoms. The second-order valence-corrected chi connectivity index (χ2v) is 11.8. The van der Waals surface area contributed by atoms with Crippen molar-refractivity contribution >= 4 is 13.6 Å². The van der Waals surface area contributed by atoms with Gasteiger partial charge in [0.15, 0.2) is 12.4 Å². The molecule has 10 nitrogen and oxygen atoms in total. The van der Waals surface area contributed by atoms with Gasteiger partial charge in [0.1, 0.15) is 28.8 Å². The number of aromatic nitrogens is 2. The molecule has 3 aromatic carbocycles. The molecule has 2 aliphatic rings. The fourth-order valence-electron chi connectivity index (χ4n) is 5.84. The van der Waals surface area contributed by atoms with Gasteiger partial charge in [-0.25, -0.2) is 9.18 Å². The molecule has 0 bridgehead atoms. The molecular formula is C31H30FN3O7P-. The highest BCUT2D eigenvalue weighted by atomic mass is 31.2. The summed E-state index contributed by atoms with van der Waals surface area (Å²) in [5.41, 5.74) is -0.537. The van der Waals surface area contributed by atoms with Crippen LogP contribution < -0.4 is 20.6 Å². The highest BCUT2D eigenvalue weighted by Crippen LogP contribution is 2.55. The van der Waals surface area contributed by atoms with Crippen LogP contribution in [-0.4, -0.2) is 41.1 Å². The maximum Gasteiger partial charge on any atom is 0.351 e. The van der Waals surface area contributed by atoms with E-state index in [1.807, 2.05) is 84.9 Å². The van der Waals surface area contributed by atoms with E-state index in [-0.39, 0.29) is 12.2 Å². The number of anilines is 1. The van der Waals surface area contributed by atoms with E-state index < -0.39 is 49.8 Å². The predicted molar refractivity (Wildman–Crippen MR) is 154 cm³/mol. The maximum absolute atomic E-state index is 15.7. The van der Waals surface area contributed by atoms with Gasteiger partial charge >= 0.3 is 5.69 Å². The number of phosphoric ester groups is 1. The number of hydrogen-bond donors (Lipinski definition) is 1. The first kappa shape index (κ1) is 29.2. The molecule has 6 rings (SSSR count). The van der Waals surface area contributed by atoms with Crippen molar-refractivity contribution in [2.45, 2.75) is 43.0 Å². The molecule has 224 valence electrons. The summed E-state index contributed by atoms with van der Waals surface area (Å²) in [6.07, 6.45) is -3.30. The summed E-state index contributed by atoms with van der Waals surface area (Å²) in [4.78, 5) is 29.7. The van der Waals surface area contributed by atoms with Crippen LogP contribution in [0.2, 0.25) is 0 Å². The van der Waals surface area contributed by atoms with Crippen molar-refractivity contribution in [2.75, 3.05) is 19.0 Å². The first-order valence-electron chi connectivity index (χ1n) is 13.8. The van der Waals surface area contributed by atoms with Gasteiger partial charge in [-0.2, -0.15) is 4.98 Å². The Morgan fingerprint density at radius 3 is 2.21 bits per heavy atom. The number of alkyl halides is 1. The Kier molecular flexibility index (Phi) is 7.70. The molecule has 1 aromatic heterocycles. The number of ether oxygens (including phenoxy) is 2. The van der Waals surface area contributed by atoms with Gasteiger partial charge in [0, 0.05) is 6.20 Å². The Hall–Kier alpha value is -3.86. The number of hydrogen-bond acceptors (Lipinski definition) is 9. The van der Waals surface area contributed by atoms with Gasteiger partial charge in [-0.1, -0.05) is 79.7 Å². The van der Waals surface area contributed by atoms with Crippen molar-refractivity contribution in [1.82, 2.24) is 9.55 Å². The largest absolute Gasteiger partial charge is 0.756 e. The molecule has 5 atom stereocenters. The molecule has 0 radical (unpaired) electrons. The normalized spacial score (nSPS) is 26.9. The van der Waals surface area contributed by atoms with Crippen molar-refractivity contribution in [3.8, 4) is 5.75 Å². The zero-order valence-electron chi connectivity index (χ0n) is 23.5. The Balaban J connectivity index is 1.42. The van der Waals surface area contributed by atoms with Crippen LogP contribution in [0.5, 0.6) is 5.75 Å². The molecule has 12 heteroatoms. The predicted octanol–water partition coefficient (Wildman–Crippen LogP) is 4.56. The summed E-state index contributed by atoms with van der Waals surface area (Å²) in [7, 11) is -3.10. The SMILES string of the molecule is CC[C@@]12COP(=O)([O-])O[C@H]1[C@@H](F)[C@H](n1ccc(NC(c3ccccc3)(c3ccccc3)c3ccc(OC)cc3)nc1=O)O2. The van der Waals surface area contributed by atoms with Crippen LogP contribution in [0.15, 0.2) is 102 Å². The summed E-state index contributed by atoms with van der Waals surface area (Å²) in [6.45, 7) is 1.29. The molecule has 4 aromatic rings. The van der Waals surface area contributed by atoms with E-state index in [1.54, 1.807) is 20.1 Å². The Bertz CT molecular complexity index is 1650. The minimum atomic E-state index is -4.70. The number of nitrogens with one attached hydrogen (secondary N) is 1. The minimum absolute atomic E-state index is 0.203. The average molecular weight is 607 g/mol. The van der Waals surface area contributed by atoms with Crippen LogP contribution in [0.25, 0.3) is 0 Å². The van der Waals surface area contributed by atoms with Crippen LogP contribution in [0, 0.1) is 0 Å². The summed E-state index contributed by atoms with van der Waals surface area (Å²) < 4.78 is 49.8. The van der Waals surface area contributed by atoms with E-state index in [0.717, 1.165) is 21.3 Å². The summed E-state index contributed by atoms with van der Waals surface area (Å²) >= 11 is 0. The van der Waals surface area contributed by atoms with E-state index in [9.17, 15) is 14.3 Å². The fraction of sp³-hybridized carbons (Fsp3) is 0.290. The van der Waals surface area contributed by atoms with Gasteiger partial charge in [-0.05, 0) is 41.3 Å². The molecule has 0 saturated carbocycles. The number of nitrogens with zero attached hydrogens (tertiary/aromatic N) is 2. The molecule has 3 heterocycles. The van der Waals surface area contributed by atoms with Crippen molar-refractivity contribution in [2.24, 2.45) is 0 Å². The molecule has 0 amide bonds. The first-order valence-corrected chi connectivity index (χ1v) is 15.3. The van der Waals surface area contributed by atoms with E-state index in [2.05, 4.69) is 10.3 Å². The Morgan fingerprint density at radius 2 is 1.65 bits per heavy atom. The number of halogens is 1. The highest BCUT2D eigenvalue weighted by molar-refractivity contribution is 7.46. The van der Waals surface area contributed by atoms with Crippen LogP contribution in [-0.2, 0) is 23.9 Å². The Morgan fingerprint density at radius 1 is 1.05 bits per heavy atom. The first-order chi connectivity index (χ1) is 20.7. The van der Waals surface area contributed by atoms with Crippen LogP contribution in [0.3, 0.4) is 0 Å². The lowest BCUT2D eigenvalue weighted by Gasteiger charge is -2.42. The number of benzene rings is 3. The number of rotatable bonds is 8. The van der Waals surface area contributed by atoms with Gasteiger partial charge < -0.3 is 28.7 Å². The lowest BCUT2D eigenvalue weighted by Crippen LogP contribution is -2.50. The average Bonchev–Trinajstić information content (AvgIpc) is 3.31. The summed E-state index contributed by atoms with van der Waals surface area (Å²) in [5.74, 6) is 0.911. The summed E-state index contributed by atoms with van der Waals surface area (Å²) in [5, 5.41) is 3.51. The zero-order valence-corrected chi connectivity index (χ0v) is 24.4. The lowest BCUT2D eigenvalue weighted by molar-refractivity contribution is -0.258. The second-order valence-electron chi connectivity index (χ2n) is 10.5. The number of fused-ring (bicyclic) bond motifs is 1. The van der Waals surface area contributed by atoms with Crippen LogP contribution >= 0.6 is 7.82 Å². The van der Waals surface area contributed by atoms with E-state index in [1.165, 1.54) is 6.20 Å². The third-order valence-corrected chi connectivity index (χ3v) is 9.03. The topological polar surface area (TPSA) is 124 Å². The quantitative estimate of drug-likeness (QED) is 0.227. The standard InChI is InChI=1S/C31H31FN3O7P/c1-3-30-20-40-43(37,38)42-27(30)26(32)28(41-30)35-19-18-25(33-29(35)36)34-31(21-10-6-4-7-11-21,22-12-8-5-9-13-22)23-14-16-24(39-2)17-15-23/h4-19,26-28H,3,20H2,1-2H3,(H,37,38)(H,33,34,36)/p-1/t26-,27+,28-,30-/m1/s1.